The van der Waals surface area contributed by atoms with Crippen molar-refractivity contribution < 1.29 is 4.74 Å². The predicted octanol–water partition coefficient (Wildman–Crippen LogP) is 5.66. The number of ether oxygens (including phenoxy) is 1. The lowest BCUT2D eigenvalue weighted by Gasteiger charge is -2.07. The summed E-state index contributed by atoms with van der Waals surface area (Å²) in [6, 6.07) is 17.3. The van der Waals surface area contributed by atoms with E-state index in [0.29, 0.717) is 5.69 Å². The zero-order chi connectivity index (χ0) is 17.9. The van der Waals surface area contributed by atoms with Crippen molar-refractivity contribution in [1.82, 2.24) is 9.97 Å². The second-order valence-corrected chi connectivity index (χ2v) is 6.62. The highest BCUT2D eigenvalue weighted by atomic mass is 32.1. The first-order chi connectivity index (χ1) is 12.8. The molecule has 0 aliphatic heterocycles. The van der Waals surface area contributed by atoms with Crippen LogP contribution in [0.2, 0.25) is 0 Å². The average Bonchev–Trinajstić information content (AvgIpc) is 3.13. The molecule has 4 aromatic rings. The summed E-state index contributed by atoms with van der Waals surface area (Å²) in [6.07, 6.45) is 1.56. The van der Waals surface area contributed by atoms with Gasteiger partial charge in [-0.2, -0.15) is 0 Å². The van der Waals surface area contributed by atoms with Crippen LogP contribution < -0.4 is 10.1 Å². The Morgan fingerprint density at radius 2 is 1.92 bits per heavy atom. The Kier molecular flexibility index (Phi) is 4.22. The number of anilines is 2. The van der Waals surface area contributed by atoms with Gasteiger partial charge in [-0.25, -0.2) is 14.8 Å². The van der Waals surface area contributed by atoms with E-state index in [-0.39, 0.29) is 0 Å². The monoisotopic (exact) mass is 358 g/mol. The first kappa shape index (κ1) is 16.1. The Bertz CT molecular complexity index is 1110. The normalized spacial score (nSPS) is 10.5. The van der Waals surface area contributed by atoms with Gasteiger partial charge in [-0.15, -0.1) is 11.3 Å². The van der Waals surface area contributed by atoms with Gasteiger partial charge in [-0.05, 0) is 23.8 Å². The molecule has 0 saturated heterocycles. The van der Waals surface area contributed by atoms with Crippen molar-refractivity contribution in [3.05, 3.63) is 72.3 Å². The molecule has 2 aromatic carbocycles. The van der Waals surface area contributed by atoms with Gasteiger partial charge in [-0.3, -0.25) is 0 Å². The highest BCUT2D eigenvalue weighted by Gasteiger charge is 2.11. The minimum atomic E-state index is 0.634. The Balaban J connectivity index is 1.72. The second-order valence-electron chi connectivity index (χ2n) is 5.56. The molecule has 0 amide bonds. The standard InChI is InChI=1S/C20H14N4OS/c1-21-14-8-6-13(7-9-14)18-11-17-19(26-18)20(23-12-22-17)24-15-4-3-5-16(10-15)25-2/h3-12H,2H3,(H,22,23,24). The van der Waals surface area contributed by atoms with E-state index in [1.54, 1.807) is 24.8 Å². The summed E-state index contributed by atoms with van der Waals surface area (Å²) in [6.45, 7) is 7.06. The van der Waals surface area contributed by atoms with Crippen LogP contribution in [0.15, 0.2) is 60.9 Å². The maximum Gasteiger partial charge on any atom is 0.187 e. The van der Waals surface area contributed by atoms with Crippen LogP contribution in [0.1, 0.15) is 0 Å². The van der Waals surface area contributed by atoms with Crippen LogP contribution in [0.25, 0.3) is 25.5 Å². The number of rotatable bonds is 4. The van der Waals surface area contributed by atoms with Crippen LogP contribution >= 0.6 is 11.3 Å². The molecule has 0 bridgehead atoms. The fraction of sp³-hybridized carbons (Fsp3) is 0.0500. The number of hydrogen-bond donors (Lipinski definition) is 1. The third-order valence-corrected chi connectivity index (χ3v) is 5.10. The van der Waals surface area contributed by atoms with Crippen molar-refractivity contribution in [3.8, 4) is 16.2 Å². The van der Waals surface area contributed by atoms with Crippen molar-refractivity contribution in [2.75, 3.05) is 12.4 Å². The quantitative estimate of drug-likeness (QED) is 0.478. The summed E-state index contributed by atoms with van der Waals surface area (Å²) >= 11 is 1.62. The SMILES string of the molecule is [C-]#[N+]c1ccc(-c2cc3ncnc(Nc4cccc(OC)c4)c3s2)cc1. The molecular formula is C20H14N4OS. The van der Waals surface area contributed by atoms with E-state index in [9.17, 15) is 0 Å². The van der Waals surface area contributed by atoms with Gasteiger partial charge in [0.1, 0.15) is 12.1 Å². The van der Waals surface area contributed by atoms with Crippen LogP contribution in [-0.2, 0) is 0 Å². The van der Waals surface area contributed by atoms with Crippen LogP contribution in [-0.4, -0.2) is 17.1 Å². The molecule has 0 atom stereocenters. The molecule has 0 saturated carbocycles. The van der Waals surface area contributed by atoms with Gasteiger partial charge in [0.05, 0.1) is 23.9 Å². The van der Waals surface area contributed by atoms with E-state index in [2.05, 4.69) is 20.1 Å². The molecule has 0 unspecified atom stereocenters. The van der Waals surface area contributed by atoms with Gasteiger partial charge in [0.15, 0.2) is 11.5 Å². The summed E-state index contributed by atoms with van der Waals surface area (Å²) < 4.78 is 6.26. The number of hydrogen-bond acceptors (Lipinski definition) is 5. The highest BCUT2D eigenvalue weighted by molar-refractivity contribution is 7.22. The van der Waals surface area contributed by atoms with Gasteiger partial charge in [-0.1, -0.05) is 30.3 Å². The lowest BCUT2D eigenvalue weighted by molar-refractivity contribution is 0.415. The minimum absolute atomic E-state index is 0.634. The molecule has 0 spiro atoms. The third kappa shape index (κ3) is 3.08. The van der Waals surface area contributed by atoms with Crippen LogP contribution in [0.5, 0.6) is 5.75 Å². The summed E-state index contributed by atoms with van der Waals surface area (Å²) in [5.41, 5.74) is 3.49. The first-order valence-electron chi connectivity index (χ1n) is 7.90. The fourth-order valence-electron chi connectivity index (χ4n) is 2.62. The first-order valence-corrected chi connectivity index (χ1v) is 8.72. The smallest absolute Gasteiger partial charge is 0.187 e. The van der Waals surface area contributed by atoms with Gasteiger partial charge < -0.3 is 10.1 Å². The Morgan fingerprint density at radius 3 is 2.69 bits per heavy atom. The molecule has 2 aromatic heterocycles. The van der Waals surface area contributed by atoms with Crippen molar-refractivity contribution in [1.29, 1.82) is 0 Å². The number of benzene rings is 2. The molecule has 26 heavy (non-hydrogen) atoms. The summed E-state index contributed by atoms with van der Waals surface area (Å²) in [5, 5.41) is 3.34. The predicted molar refractivity (Wildman–Crippen MR) is 105 cm³/mol. The average molecular weight is 358 g/mol. The van der Waals surface area contributed by atoms with Crippen LogP contribution in [0.3, 0.4) is 0 Å². The molecule has 0 aliphatic carbocycles. The number of aromatic nitrogens is 2. The van der Waals surface area contributed by atoms with E-state index in [4.69, 9.17) is 11.3 Å². The molecule has 4 rings (SSSR count). The third-order valence-electron chi connectivity index (χ3n) is 3.92. The number of nitrogens with one attached hydrogen (secondary N) is 1. The van der Waals surface area contributed by atoms with Crippen molar-refractivity contribution in [3.63, 3.8) is 0 Å². The largest absolute Gasteiger partial charge is 0.497 e. The maximum atomic E-state index is 7.06. The molecule has 126 valence electrons. The van der Waals surface area contributed by atoms with Gasteiger partial charge in [0.25, 0.3) is 0 Å². The molecule has 0 aliphatic rings. The van der Waals surface area contributed by atoms with Gasteiger partial charge >= 0.3 is 0 Å². The van der Waals surface area contributed by atoms with Gasteiger partial charge in [0, 0.05) is 16.6 Å². The summed E-state index contributed by atoms with van der Waals surface area (Å²) in [4.78, 5) is 13.3. The zero-order valence-corrected chi connectivity index (χ0v) is 14.7. The van der Waals surface area contributed by atoms with E-state index < -0.39 is 0 Å². The second kappa shape index (κ2) is 6.82. The molecule has 6 heteroatoms. The van der Waals surface area contributed by atoms with Crippen molar-refractivity contribution >= 4 is 38.7 Å². The summed E-state index contributed by atoms with van der Waals surface area (Å²) in [5.74, 6) is 1.55. The molecule has 2 heterocycles. The van der Waals surface area contributed by atoms with Crippen molar-refractivity contribution in [2.24, 2.45) is 0 Å². The van der Waals surface area contributed by atoms with Crippen LogP contribution in [0, 0.1) is 6.57 Å². The zero-order valence-electron chi connectivity index (χ0n) is 13.9. The topological polar surface area (TPSA) is 51.4 Å². The van der Waals surface area contributed by atoms with Gasteiger partial charge in [0.2, 0.25) is 0 Å². The Morgan fingerprint density at radius 1 is 1.08 bits per heavy atom. The fourth-order valence-corrected chi connectivity index (χ4v) is 3.68. The lowest BCUT2D eigenvalue weighted by Crippen LogP contribution is -1.94. The number of fused-ring (bicyclic) bond motifs is 1. The highest BCUT2D eigenvalue weighted by Crippen LogP contribution is 2.37. The van der Waals surface area contributed by atoms with E-state index in [0.717, 1.165) is 37.9 Å². The molecule has 0 radical (unpaired) electrons. The Hall–Kier alpha value is -3.43. The molecule has 5 nitrogen and oxygen atoms in total. The summed E-state index contributed by atoms with van der Waals surface area (Å²) in [7, 11) is 1.65. The lowest BCUT2D eigenvalue weighted by atomic mass is 10.2. The van der Waals surface area contributed by atoms with Crippen molar-refractivity contribution in [2.45, 2.75) is 0 Å². The van der Waals surface area contributed by atoms with E-state index in [1.165, 1.54) is 0 Å². The minimum Gasteiger partial charge on any atom is -0.497 e. The Labute approximate surface area is 154 Å². The van der Waals surface area contributed by atoms with E-state index in [1.807, 2.05) is 54.6 Å². The maximum absolute atomic E-state index is 7.06. The molecule has 0 fully saturated rings. The number of thiophene rings is 1. The number of methoxy groups -OCH3 is 1. The number of nitrogens with zero attached hydrogens (tertiary/aromatic N) is 3. The van der Waals surface area contributed by atoms with Crippen LogP contribution in [0.4, 0.5) is 17.2 Å². The molecule has 1 N–H and O–H groups in total. The van der Waals surface area contributed by atoms with E-state index >= 15 is 0 Å². The molecular weight excluding hydrogens is 344 g/mol.